The molecule has 0 aliphatic heterocycles. The number of carboxylic acids is 1. The van der Waals surface area contributed by atoms with Crippen LogP contribution >= 0.6 is 0 Å². The molecule has 0 atom stereocenters. The lowest BCUT2D eigenvalue weighted by Crippen LogP contribution is -2.18. The van der Waals surface area contributed by atoms with E-state index in [1.165, 1.54) is 10.6 Å². The molecular formula is C14H15NO3. The summed E-state index contributed by atoms with van der Waals surface area (Å²) < 4.78 is 1.54. The lowest BCUT2D eigenvalue weighted by atomic mass is 9.97. The highest BCUT2D eigenvalue weighted by Gasteiger charge is 2.12. The van der Waals surface area contributed by atoms with Crippen LogP contribution in [0.4, 0.5) is 0 Å². The van der Waals surface area contributed by atoms with E-state index in [0.717, 1.165) is 10.9 Å². The summed E-state index contributed by atoms with van der Waals surface area (Å²) in [5.74, 6) is -0.754. The van der Waals surface area contributed by atoms with Crippen LogP contribution in [0.1, 0.15) is 35.7 Å². The molecule has 94 valence electrons. The molecule has 1 heterocycles. The summed E-state index contributed by atoms with van der Waals surface area (Å²) in [5.41, 5.74) is 1.08. The van der Waals surface area contributed by atoms with E-state index in [0.29, 0.717) is 5.39 Å². The van der Waals surface area contributed by atoms with Gasteiger partial charge in [0.05, 0.1) is 5.56 Å². The number of benzene rings is 1. The minimum absolute atomic E-state index is 0.105. The summed E-state index contributed by atoms with van der Waals surface area (Å²) in [6.07, 6.45) is 1.78. The summed E-state index contributed by atoms with van der Waals surface area (Å²) in [6, 6.07) is 4.64. The van der Waals surface area contributed by atoms with E-state index in [2.05, 4.69) is 0 Å². The first-order valence-corrected chi connectivity index (χ1v) is 5.78. The molecule has 2 rings (SSSR count). The van der Waals surface area contributed by atoms with Crippen molar-refractivity contribution in [1.82, 2.24) is 4.57 Å². The van der Waals surface area contributed by atoms with Crippen molar-refractivity contribution in [2.24, 2.45) is 7.05 Å². The zero-order chi connectivity index (χ0) is 13.4. The summed E-state index contributed by atoms with van der Waals surface area (Å²) in [4.78, 5) is 23.0. The van der Waals surface area contributed by atoms with Gasteiger partial charge in [0, 0.05) is 18.6 Å². The Balaban J connectivity index is 2.91. The van der Waals surface area contributed by atoms with Crippen LogP contribution in [0.3, 0.4) is 0 Å². The monoisotopic (exact) mass is 245 g/mol. The number of aromatic nitrogens is 1. The van der Waals surface area contributed by atoms with Gasteiger partial charge in [-0.15, -0.1) is 0 Å². The molecule has 4 nitrogen and oxygen atoms in total. The van der Waals surface area contributed by atoms with E-state index >= 15 is 0 Å². The molecular weight excluding hydrogens is 230 g/mol. The molecule has 18 heavy (non-hydrogen) atoms. The van der Waals surface area contributed by atoms with Gasteiger partial charge < -0.3 is 9.67 Å². The van der Waals surface area contributed by atoms with E-state index in [1.807, 2.05) is 13.8 Å². The predicted molar refractivity (Wildman–Crippen MR) is 70.2 cm³/mol. The van der Waals surface area contributed by atoms with Crippen molar-refractivity contribution >= 4 is 16.7 Å². The Morgan fingerprint density at radius 3 is 2.50 bits per heavy atom. The molecule has 1 aromatic carbocycles. The normalized spacial score (nSPS) is 11.1. The Kier molecular flexibility index (Phi) is 2.95. The number of rotatable bonds is 2. The van der Waals surface area contributed by atoms with Crippen molar-refractivity contribution in [2.75, 3.05) is 0 Å². The highest BCUT2D eigenvalue weighted by molar-refractivity contribution is 5.95. The van der Waals surface area contributed by atoms with Crippen molar-refractivity contribution in [2.45, 2.75) is 19.8 Å². The molecule has 0 amide bonds. The van der Waals surface area contributed by atoms with Gasteiger partial charge in [0.25, 0.3) is 5.56 Å². The number of pyridine rings is 1. The van der Waals surface area contributed by atoms with Gasteiger partial charge in [0.15, 0.2) is 0 Å². The van der Waals surface area contributed by atoms with Crippen molar-refractivity contribution in [3.8, 4) is 0 Å². The third kappa shape index (κ3) is 1.90. The van der Waals surface area contributed by atoms with Gasteiger partial charge in [0.2, 0.25) is 0 Å². The molecule has 0 aliphatic carbocycles. The maximum absolute atomic E-state index is 12.0. The summed E-state index contributed by atoms with van der Waals surface area (Å²) in [6.45, 7) is 4.04. The second-order valence-electron chi connectivity index (χ2n) is 4.72. The number of hydrogen-bond donors (Lipinski definition) is 1. The first-order chi connectivity index (χ1) is 8.41. The van der Waals surface area contributed by atoms with Gasteiger partial charge in [-0.1, -0.05) is 13.8 Å². The molecule has 0 fully saturated rings. The molecule has 2 aromatic rings. The number of aryl methyl sites for hydroxylation is 1. The van der Waals surface area contributed by atoms with E-state index in [1.54, 1.807) is 25.4 Å². The van der Waals surface area contributed by atoms with Crippen molar-refractivity contribution in [3.63, 3.8) is 0 Å². The number of fused-ring (bicyclic) bond motifs is 1. The van der Waals surface area contributed by atoms with Gasteiger partial charge >= 0.3 is 5.97 Å². The lowest BCUT2D eigenvalue weighted by Gasteiger charge is -2.12. The molecule has 4 heteroatoms. The predicted octanol–water partition coefficient (Wildman–Crippen LogP) is 2.36. The first-order valence-electron chi connectivity index (χ1n) is 5.78. The van der Waals surface area contributed by atoms with Crippen LogP contribution in [0, 0.1) is 0 Å². The summed E-state index contributed by atoms with van der Waals surface area (Å²) in [5, 5.41) is 10.3. The maximum Gasteiger partial charge on any atom is 0.335 e. The molecule has 1 N–H and O–H groups in total. The number of aromatic carboxylic acids is 1. The minimum atomic E-state index is -0.979. The highest BCUT2D eigenvalue weighted by Crippen LogP contribution is 2.24. The Labute approximate surface area is 104 Å². The molecule has 1 aromatic heterocycles. The van der Waals surface area contributed by atoms with Gasteiger partial charge in [-0.3, -0.25) is 4.79 Å². The second kappa shape index (κ2) is 4.29. The average molecular weight is 245 g/mol. The molecule has 0 radical (unpaired) electrons. The zero-order valence-corrected chi connectivity index (χ0v) is 10.6. The third-order valence-electron chi connectivity index (χ3n) is 3.08. The smallest absolute Gasteiger partial charge is 0.335 e. The highest BCUT2D eigenvalue weighted by atomic mass is 16.4. The topological polar surface area (TPSA) is 59.3 Å². The Morgan fingerprint density at radius 1 is 1.28 bits per heavy atom. The zero-order valence-electron chi connectivity index (χ0n) is 10.6. The van der Waals surface area contributed by atoms with E-state index in [-0.39, 0.29) is 17.0 Å². The van der Waals surface area contributed by atoms with E-state index in [4.69, 9.17) is 5.11 Å². The number of nitrogens with zero attached hydrogens (tertiary/aromatic N) is 1. The van der Waals surface area contributed by atoms with Crippen LogP contribution in [0.5, 0.6) is 0 Å². The fraction of sp³-hybridized carbons (Fsp3) is 0.286. The van der Waals surface area contributed by atoms with Crippen LogP contribution in [-0.4, -0.2) is 15.6 Å². The fourth-order valence-corrected chi connectivity index (χ4v) is 2.09. The van der Waals surface area contributed by atoms with Gasteiger partial charge in [0.1, 0.15) is 0 Å². The Bertz CT molecular complexity index is 683. The van der Waals surface area contributed by atoms with Crippen molar-refractivity contribution < 1.29 is 9.90 Å². The van der Waals surface area contributed by atoms with E-state index in [9.17, 15) is 9.59 Å². The van der Waals surface area contributed by atoms with Gasteiger partial charge in [-0.25, -0.2) is 4.79 Å². The number of hydrogen-bond acceptors (Lipinski definition) is 2. The van der Waals surface area contributed by atoms with Crippen LogP contribution in [0.25, 0.3) is 10.8 Å². The van der Waals surface area contributed by atoms with Gasteiger partial charge in [-0.2, -0.15) is 0 Å². The Hall–Kier alpha value is -2.10. The summed E-state index contributed by atoms with van der Waals surface area (Å²) >= 11 is 0. The minimum Gasteiger partial charge on any atom is -0.478 e. The third-order valence-corrected chi connectivity index (χ3v) is 3.08. The molecule has 0 bridgehead atoms. The largest absolute Gasteiger partial charge is 0.478 e. The van der Waals surface area contributed by atoms with Crippen LogP contribution in [-0.2, 0) is 7.05 Å². The van der Waals surface area contributed by atoms with E-state index < -0.39 is 5.97 Å². The van der Waals surface area contributed by atoms with Crippen molar-refractivity contribution in [1.29, 1.82) is 0 Å². The van der Waals surface area contributed by atoms with Crippen LogP contribution in [0.2, 0.25) is 0 Å². The molecule has 0 saturated carbocycles. The van der Waals surface area contributed by atoms with Gasteiger partial charge in [-0.05, 0) is 35.1 Å². The molecule has 0 aliphatic rings. The molecule has 0 unspecified atom stereocenters. The number of carbonyl (C=O) groups is 1. The average Bonchev–Trinajstić information content (AvgIpc) is 2.32. The lowest BCUT2D eigenvalue weighted by molar-refractivity contribution is 0.0697. The first kappa shape index (κ1) is 12.4. The fourth-order valence-electron chi connectivity index (χ4n) is 2.09. The van der Waals surface area contributed by atoms with Crippen LogP contribution < -0.4 is 5.56 Å². The van der Waals surface area contributed by atoms with Crippen LogP contribution in [0.15, 0.2) is 29.2 Å². The molecule has 0 spiro atoms. The SMILES string of the molecule is CC(C)c1cn(C)c(=O)c2ccc(C(=O)O)cc12. The maximum atomic E-state index is 12.0. The molecule has 0 saturated heterocycles. The Morgan fingerprint density at radius 2 is 1.94 bits per heavy atom. The van der Waals surface area contributed by atoms with Crippen molar-refractivity contribution in [3.05, 3.63) is 45.9 Å². The standard InChI is InChI=1S/C14H15NO3/c1-8(2)12-7-15(3)13(16)10-5-4-9(14(17)18)6-11(10)12/h4-8H,1-3H3,(H,17,18). The summed E-state index contributed by atoms with van der Waals surface area (Å²) in [7, 11) is 1.71. The second-order valence-corrected chi connectivity index (χ2v) is 4.72. The number of carboxylic acid groups (broad SMARTS) is 1. The quantitative estimate of drug-likeness (QED) is 0.883.